The van der Waals surface area contributed by atoms with Crippen LogP contribution in [0.3, 0.4) is 0 Å². The van der Waals surface area contributed by atoms with Gasteiger partial charge in [0.15, 0.2) is 5.78 Å². The van der Waals surface area contributed by atoms with Crippen molar-refractivity contribution in [2.24, 2.45) is 0 Å². The third-order valence-corrected chi connectivity index (χ3v) is 4.64. The van der Waals surface area contributed by atoms with Gasteiger partial charge in [-0.3, -0.25) is 9.69 Å². The van der Waals surface area contributed by atoms with E-state index in [2.05, 4.69) is 32.3 Å². The number of ketones is 1. The van der Waals surface area contributed by atoms with E-state index in [1.807, 2.05) is 30.3 Å². The number of ether oxygens (including phenoxy) is 1. The van der Waals surface area contributed by atoms with Crippen molar-refractivity contribution in [1.29, 1.82) is 0 Å². The molecule has 3 heteroatoms. The number of hydrogen-bond acceptors (Lipinski definition) is 3. The third kappa shape index (κ3) is 5.20. The van der Waals surface area contributed by atoms with Crippen LogP contribution in [-0.4, -0.2) is 36.4 Å². The van der Waals surface area contributed by atoms with Gasteiger partial charge in [0, 0.05) is 5.56 Å². The predicted molar refractivity (Wildman–Crippen MR) is 102 cm³/mol. The van der Waals surface area contributed by atoms with Crippen LogP contribution in [0.15, 0.2) is 36.9 Å². The van der Waals surface area contributed by atoms with Crippen molar-refractivity contribution in [2.75, 3.05) is 20.2 Å². The van der Waals surface area contributed by atoms with E-state index in [-0.39, 0.29) is 5.78 Å². The second-order valence-corrected chi connectivity index (χ2v) is 6.52. The fourth-order valence-corrected chi connectivity index (χ4v) is 3.00. The fourth-order valence-electron chi connectivity index (χ4n) is 3.00. The number of methoxy groups -OCH3 is 1. The van der Waals surface area contributed by atoms with Crippen LogP contribution in [0.25, 0.3) is 0 Å². The van der Waals surface area contributed by atoms with Gasteiger partial charge >= 0.3 is 0 Å². The fraction of sp³-hybridized carbons (Fsp3) is 0.571. The van der Waals surface area contributed by atoms with Crippen LogP contribution < -0.4 is 4.74 Å². The average Bonchev–Trinajstić information content (AvgIpc) is 2.61. The second kappa shape index (κ2) is 10.3. The molecule has 0 amide bonds. The smallest absolute Gasteiger partial charge is 0.183 e. The lowest BCUT2D eigenvalue weighted by Gasteiger charge is -2.40. The first-order valence-corrected chi connectivity index (χ1v) is 9.08. The number of rotatable bonds is 12. The number of benzene rings is 1. The molecule has 0 fully saturated rings. The molecule has 0 aliphatic carbocycles. The van der Waals surface area contributed by atoms with Crippen molar-refractivity contribution in [3.63, 3.8) is 0 Å². The Morgan fingerprint density at radius 2 is 1.71 bits per heavy atom. The molecule has 134 valence electrons. The minimum atomic E-state index is -0.541. The zero-order valence-corrected chi connectivity index (χ0v) is 15.8. The SMILES string of the molecule is C=CCC(C)(C(=O)c1ccc(OC)cc1)N(CCCC)CCCC. The number of carbonyl (C=O) groups excluding carboxylic acids is 1. The van der Waals surface area contributed by atoms with Crippen LogP contribution in [0, 0.1) is 0 Å². The molecule has 0 aliphatic rings. The maximum atomic E-state index is 13.3. The summed E-state index contributed by atoms with van der Waals surface area (Å²) in [6, 6.07) is 7.43. The molecule has 0 saturated heterocycles. The molecule has 0 aromatic heterocycles. The van der Waals surface area contributed by atoms with Gasteiger partial charge in [0.1, 0.15) is 5.75 Å². The molecule has 1 rings (SSSR count). The quantitative estimate of drug-likeness (QED) is 0.393. The molecular weight excluding hydrogens is 298 g/mol. The summed E-state index contributed by atoms with van der Waals surface area (Å²) < 4.78 is 5.20. The van der Waals surface area contributed by atoms with E-state index in [1.165, 1.54) is 0 Å². The molecular formula is C21H33NO2. The molecule has 0 aliphatic heterocycles. The van der Waals surface area contributed by atoms with Crippen LogP contribution in [0.1, 0.15) is 63.2 Å². The number of nitrogens with zero attached hydrogens (tertiary/aromatic N) is 1. The first kappa shape index (κ1) is 20.4. The summed E-state index contributed by atoms with van der Waals surface area (Å²) >= 11 is 0. The zero-order valence-electron chi connectivity index (χ0n) is 15.8. The molecule has 0 radical (unpaired) electrons. The lowest BCUT2D eigenvalue weighted by molar-refractivity contribution is 0.0584. The highest BCUT2D eigenvalue weighted by Crippen LogP contribution is 2.27. The zero-order chi connectivity index (χ0) is 18.0. The number of unbranched alkanes of at least 4 members (excludes halogenated alkanes) is 2. The minimum absolute atomic E-state index is 0.164. The topological polar surface area (TPSA) is 29.5 Å². The van der Waals surface area contributed by atoms with Crippen LogP contribution in [0.2, 0.25) is 0 Å². The van der Waals surface area contributed by atoms with Gasteiger partial charge in [-0.05, 0) is 63.5 Å². The molecule has 0 spiro atoms. The van der Waals surface area contributed by atoms with E-state index in [0.29, 0.717) is 6.42 Å². The standard InChI is InChI=1S/C21H33NO2/c1-6-9-16-22(17-10-7-2)21(4,15-8-3)20(23)18-11-13-19(24-5)14-12-18/h8,11-14H,3,6-7,9-10,15-17H2,1-2,4-5H3. The summed E-state index contributed by atoms with van der Waals surface area (Å²) in [4.78, 5) is 15.6. The summed E-state index contributed by atoms with van der Waals surface area (Å²) in [5, 5.41) is 0. The number of Topliss-reactive ketones (excluding diaryl/α,β-unsaturated/α-hetero) is 1. The number of carbonyl (C=O) groups is 1. The molecule has 0 saturated carbocycles. The Balaban J connectivity index is 3.11. The Hall–Kier alpha value is -1.61. The summed E-state index contributed by atoms with van der Waals surface area (Å²) in [6.45, 7) is 12.2. The van der Waals surface area contributed by atoms with Gasteiger partial charge in [-0.2, -0.15) is 0 Å². The normalized spacial score (nSPS) is 13.5. The van der Waals surface area contributed by atoms with Gasteiger partial charge in [-0.15, -0.1) is 6.58 Å². The minimum Gasteiger partial charge on any atom is -0.497 e. The van der Waals surface area contributed by atoms with E-state index in [4.69, 9.17) is 4.74 Å². The highest BCUT2D eigenvalue weighted by atomic mass is 16.5. The van der Waals surface area contributed by atoms with Crippen molar-refractivity contribution in [3.8, 4) is 5.75 Å². The predicted octanol–water partition coefficient (Wildman–Crippen LogP) is 5.11. The molecule has 0 heterocycles. The average molecular weight is 332 g/mol. The van der Waals surface area contributed by atoms with Crippen LogP contribution in [-0.2, 0) is 0 Å². The molecule has 1 unspecified atom stereocenters. The van der Waals surface area contributed by atoms with E-state index in [9.17, 15) is 4.79 Å². The Morgan fingerprint density at radius 1 is 1.17 bits per heavy atom. The maximum absolute atomic E-state index is 13.3. The molecule has 1 atom stereocenters. The van der Waals surface area contributed by atoms with E-state index in [0.717, 1.165) is 50.1 Å². The molecule has 3 nitrogen and oxygen atoms in total. The van der Waals surface area contributed by atoms with E-state index < -0.39 is 5.54 Å². The van der Waals surface area contributed by atoms with Crippen molar-refractivity contribution in [2.45, 2.75) is 58.4 Å². The Labute approximate surface area is 147 Å². The monoisotopic (exact) mass is 331 g/mol. The first-order valence-electron chi connectivity index (χ1n) is 9.08. The molecule has 24 heavy (non-hydrogen) atoms. The van der Waals surface area contributed by atoms with Crippen LogP contribution in [0.5, 0.6) is 5.75 Å². The Morgan fingerprint density at radius 3 is 2.12 bits per heavy atom. The number of hydrogen-bond donors (Lipinski definition) is 0. The molecule has 1 aromatic rings. The second-order valence-electron chi connectivity index (χ2n) is 6.52. The highest BCUT2D eigenvalue weighted by molar-refractivity contribution is 6.03. The van der Waals surface area contributed by atoms with Gasteiger partial charge in [-0.1, -0.05) is 32.8 Å². The molecule has 0 bridgehead atoms. The van der Waals surface area contributed by atoms with Crippen molar-refractivity contribution >= 4 is 5.78 Å². The summed E-state index contributed by atoms with van der Waals surface area (Å²) in [6.07, 6.45) is 6.99. The van der Waals surface area contributed by atoms with Gasteiger partial charge in [-0.25, -0.2) is 0 Å². The molecule has 1 aromatic carbocycles. The van der Waals surface area contributed by atoms with E-state index >= 15 is 0 Å². The van der Waals surface area contributed by atoms with Gasteiger partial charge in [0.2, 0.25) is 0 Å². The summed E-state index contributed by atoms with van der Waals surface area (Å²) in [5.74, 6) is 0.933. The largest absolute Gasteiger partial charge is 0.497 e. The molecule has 0 N–H and O–H groups in total. The van der Waals surface area contributed by atoms with Crippen molar-refractivity contribution < 1.29 is 9.53 Å². The first-order chi connectivity index (χ1) is 11.5. The van der Waals surface area contributed by atoms with Gasteiger partial charge in [0.25, 0.3) is 0 Å². The lowest BCUT2D eigenvalue weighted by atomic mass is 9.85. The van der Waals surface area contributed by atoms with Gasteiger partial charge < -0.3 is 4.74 Å². The van der Waals surface area contributed by atoms with E-state index in [1.54, 1.807) is 7.11 Å². The summed E-state index contributed by atoms with van der Waals surface area (Å²) in [7, 11) is 1.63. The lowest BCUT2D eigenvalue weighted by Crippen LogP contribution is -2.53. The van der Waals surface area contributed by atoms with Crippen molar-refractivity contribution in [1.82, 2.24) is 4.90 Å². The Kier molecular flexibility index (Phi) is 8.77. The van der Waals surface area contributed by atoms with Crippen LogP contribution >= 0.6 is 0 Å². The van der Waals surface area contributed by atoms with Crippen molar-refractivity contribution in [3.05, 3.63) is 42.5 Å². The third-order valence-electron chi connectivity index (χ3n) is 4.64. The maximum Gasteiger partial charge on any atom is 0.183 e. The van der Waals surface area contributed by atoms with Crippen LogP contribution in [0.4, 0.5) is 0 Å². The van der Waals surface area contributed by atoms with Gasteiger partial charge in [0.05, 0.1) is 12.6 Å². The Bertz CT molecular complexity index is 501. The summed E-state index contributed by atoms with van der Waals surface area (Å²) in [5.41, 5.74) is 0.193. The highest BCUT2D eigenvalue weighted by Gasteiger charge is 2.38.